The van der Waals surface area contributed by atoms with Crippen LogP contribution in [0.15, 0.2) is 4.99 Å². The third kappa shape index (κ3) is 2.48. The molecule has 4 aliphatic carbocycles. The minimum absolute atomic E-state index is 0.368. The first-order valence-electron chi connectivity index (χ1n) is 8.06. The molecule has 0 aliphatic heterocycles. The van der Waals surface area contributed by atoms with E-state index in [9.17, 15) is 0 Å². The van der Waals surface area contributed by atoms with Gasteiger partial charge in [-0.1, -0.05) is 0 Å². The lowest BCUT2D eigenvalue weighted by Gasteiger charge is -2.58. The molecule has 0 aromatic heterocycles. The van der Waals surface area contributed by atoms with Crippen LogP contribution in [-0.2, 0) is 0 Å². The average molecular weight is 263 g/mol. The van der Waals surface area contributed by atoms with E-state index in [4.69, 9.17) is 10.7 Å². The highest BCUT2D eigenvalue weighted by atomic mass is 15.1. The van der Waals surface area contributed by atoms with Crippen molar-refractivity contribution in [3.63, 3.8) is 0 Å². The van der Waals surface area contributed by atoms with Gasteiger partial charge >= 0.3 is 0 Å². The predicted octanol–water partition coefficient (Wildman–Crippen LogP) is 2.90. The monoisotopic (exact) mass is 263 g/mol. The molecule has 0 spiro atoms. The number of nitrogens with zero attached hydrogens (tertiary/aromatic N) is 1. The van der Waals surface area contributed by atoms with Gasteiger partial charge in [-0.05, 0) is 82.5 Å². The summed E-state index contributed by atoms with van der Waals surface area (Å²) in [5.41, 5.74) is 6.50. The zero-order valence-electron chi connectivity index (χ0n) is 12.7. The van der Waals surface area contributed by atoms with Crippen molar-refractivity contribution in [3.8, 4) is 0 Å². The SMILES string of the molecule is CC(C)NC(N)=NC(C)C12CC3CC(CC(C3)C1)C2. The van der Waals surface area contributed by atoms with Gasteiger partial charge < -0.3 is 11.1 Å². The molecule has 3 N–H and O–H groups in total. The van der Waals surface area contributed by atoms with Crippen molar-refractivity contribution >= 4 is 5.96 Å². The summed E-state index contributed by atoms with van der Waals surface area (Å²) >= 11 is 0. The smallest absolute Gasteiger partial charge is 0.189 e. The van der Waals surface area contributed by atoms with Crippen molar-refractivity contribution in [2.75, 3.05) is 0 Å². The fourth-order valence-corrected chi connectivity index (χ4v) is 5.37. The third-order valence-corrected chi connectivity index (χ3v) is 5.74. The van der Waals surface area contributed by atoms with Crippen molar-refractivity contribution in [2.24, 2.45) is 33.9 Å². The van der Waals surface area contributed by atoms with Gasteiger partial charge in [0.25, 0.3) is 0 Å². The Morgan fingerprint density at radius 2 is 1.53 bits per heavy atom. The molecule has 0 amide bonds. The number of guanidine groups is 1. The van der Waals surface area contributed by atoms with E-state index in [1.165, 1.54) is 38.5 Å². The highest BCUT2D eigenvalue weighted by molar-refractivity contribution is 5.78. The molecule has 0 heterocycles. The summed E-state index contributed by atoms with van der Waals surface area (Å²) in [6.45, 7) is 6.51. The van der Waals surface area contributed by atoms with E-state index in [2.05, 4.69) is 26.1 Å². The molecule has 4 rings (SSSR count). The summed E-state index contributed by atoms with van der Waals surface area (Å²) in [6.07, 6.45) is 8.69. The van der Waals surface area contributed by atoms with Crippen LogP contribution in [0, 0.1) is 23.2 Å². The number of rotatable bonds is 3. The van der Waals surface area contributed by atoms with Crippen molar-refractivity contribution in [2.45, 2.75) is 71.4 Å². The first kappa shape index (κ1) is 13.3. The summed E-state index contributed by atoms with van der Waals surface area (Å²) in [5, 5.41) is 3.23. The molecule has 0 radical (unpaired) electrons. The van der Waals surface area contributed by atoms with Gasteiger partial charge in [-0.25, -0.2) is 4.99 Å². The molecule has 0 saturated heterocycles. The Morgan fingerprint density at radius 3 is 1.95 bits per heavy atom. The van der Waals surface area contributed by atoms with Crippen LogP contribution in [0.1, 0.15) is 59.3 Å². The van der Waals surface area contributed by atoms with Crippen molar-refractivity contribution < 1.29 is 0 Å². The van der Waals surface area contributed by atoms with E-state index in [0.29, 0.717) is 23.5 Å². The van der Waals surface area contributed by atoms with Gasteiger partial charge in [0.05, 0.1) is 6.04 Å². The molecule has 1 atom stereocenters. The van der Waals surface area contributed by atoms with Crippen LogP contribution in [0.25, 0.3) is 0 Å². The molecule has 108 valence electrons. The summed E-state index contributed by atoms with van der Waals surface area (Å²) < 4.78 is 0. The number of nitrogens with two attached hydrogens (primary N) is 1. The number of hydrogen-bond acceptors (Lipinski definition) is 1. The molecule has 3 nitrogen and oxygen atoms in total. The Morgan fingerprint density at radius 1 is 1.05 bits per heavy atom. The predicted molar refractivity (Wildman–Crippen MR) is 80.0 cm³/mol. The van der Waals surface area contributed by atoms with Gasteiger partial charge in [0.2, 0.25) is 0 Å². The maximum atomic E-state index is 6.03. The zero-order valence-corrected chi connectivity index (χ0v) is 12.7. The molecular formula is C16H29N3. The number of nitrogens with one attached hydrogen (secondary N) is 1. The van der Waals surface area contributed by atoms with Crippen LogP contribution in [0.3, 0.4) is 0 Å². The summed E-state index contributed by atoms with van der Waals surface area (Å²) in [4.78, 5) is 4.79. The fourth-order valence-electron chi connectivity index (χ4n) is 5.37. The van der Waals surface area contributed by atoms with E-state index >= 15 is 0 Å². The van der Waals surface area contributed by atoms with Gasteiger partial charge in [-0.2, -0.15) is 0 Å². The van der Waals surface area contributed by atoms with Crippen LogP contribution < -0.4 is 11.1 Å². The topological polar surface area (TPSA) is 50.4 Å². The molecule has 4 bridgehead atoms. The fraction of sp³-hybridized carbons (Fsp3) is 0.938. The van der Waals surface area contributed by atoms with Crippen molar-refractivity contribution in [3.05, 3.63) is 0 Å². The average Bonchev–Trinajstić information content (AvgIpc) is 2.25. The van der Waals surface area contributed by atoms with Gasteiger partial charge in [-0.15, -0.1) is 0 Å². The van der Waals surface area contributed by atoms with Gasteiger partial charge in [0.15, 0.2) is 5.96 Å². The van der Waals surface area contributed by atoms with Crippen molar-refractivity contribution in [1.29, 1.82) is 0 Å². The largest absolute Gasteiger partial charge is 0.370 e. The maximum Gasteiger partial charge on any atom is 0.189 e. The molecule has 1 unspecified atom stereocenters. The Bertz CT molecular complexity index is 337. The highest BCUT2D eigenvalue weighted by Gasteiger charge is 2.53. The number of aliphatic imine (C=N–C) groups is 1. The van der Waals surface area contributed by atoms with Crippen molar-refractivity contribution in [1.82, 2.24) is 5.32 Å². The molecule has 3 heteroatoms. The first-order chi connectivity index (χ1) is 8.97. The van der Waals surface area contributed by atoms with Crippen LogP contribution in [0.2, 0.25) is 0 Å². The van der Waals surface area contributed by atoms with Crippen LogP contribution >= 0.6 is 0 Å². The lowest BCUT2D eigenvalue weighted by Crippen LogP contribution is -2.51. The third-order valence-electron chi connectivity index (χ3n) is 5.74. The lowest BCUT2D eigenvalue weighted by molar-refractivity contribution is -0.0633. The quantitative estimate of drug-likeness (QED) is 0.607. The van der Waals surface area contributed by atoms with E-state index in [-0.39, 0.29) is 0 Å². The van der Waals surface area contributed by atoms with Crippen LogP contribution in [0.4, 0.5) is 0 Å². The van der Waals surface area contributed by atoms with E-state index in [0.717, 1.165) is 17.8 Å². The van der Waals surface area contributed by atoms with Gasteiger partial charge in [0.1, 0.15) is 0 Å². The van der Waals surface area contributed by atoms with Gasteiger partial charge in [-0.3, -0.25) is 0 Å². The lowest BCUT2D eigenvalue weighted by atomic mass is 9.48. The standard InChI is InChI=1S/C16H29N3/c1-10(2)18-15(17)19-11(3)16-7-12-4-13(8-16)6-14(5-12)9-16/h10-14H,4-9H2,1-3H3,(H3,17,18,19). The normalized spacial score (nSPS) is 42.7. The Labute approximate surface area is 117 Å². The Balaban J connectivity index is 1.74. The summed E-state index contributed by atoms with van der Waals surface area (Å²) in [7, 11) is 0. The van der Waals surface area contributed by atoms with E-state index in [1.54, 1.807) is 0 Å². The first-order valence-corrected chi connectivity index (χ1v) is 8.06. The molecule has 4 aliphatic rings. The second kappa shape index (κ2) is 4.68. The van der Waals surface area contributed by atoms with Gasteiger partial charge in [0, 0.05) is 6.04 Å². The highest BCUT2D eigenvalue weighted by Crippen LogP contribution is 2.61. The molecule has 0 aromatic carbocycles. The molecule has 19 heavy (non-hydrogen) atoms. The zero-order chi connectivity index (χ0) is 13.6. The number of hydrogen-bond donors (Lipinski definition) is 2. The van der Waals surface area contributed by atoms with E-state index < -0.39 is 0 Å². The maximum absolute atomic E-state index is 6.03. The minimum atomic E-state index is 0.368. The van der Waals surface area contributed by atoms with E-state index in [1.807, 2.05) is 0 Å². The second-order valence-electron chi connectivity index (χ2n) is 7.77. The molecular weight excluding hydrogens is 234 g/mol. The summed E-state index contributed by atoms with van der Waals surface area (Å²) in [5.74, 6) is 3.60. The van der Waals surface area contributed by atoms with Crippen LogP contribution in [0.5, 0.6) is 0 Å². The molecule has 0 aromatic rings. The molecule has 4 fully saturated rings. The van der Waals surface area contributed by atoms with Crippen LogP contribution in [-0.4, -0.2) is 18.0 Å². The molecule has 4 saturated carbocycles. The Kier molecular flexibility index (Phi) is 3.26. The minimum Gasteiger partial charge on any atom is -0.370 e. The Hall–Kier alpha value is -0.730. The second-order valence-corrected chi connectivity index (χ2v) is 7.77. The summed E-state index contributed by atoms with van der Waals surface area (Å²) in [6, 6.07) is 0.750.